The van der Waals surface area contributed by atoms with E-state index < -0.39 is 29.3 Å². The monoisotopic (exact) mass is 480 g/mol. The van der Waals surface area contributed by atoms with Gasteiger partial charge in [-0.05, 0) is 51.3 Å². The van der Waals surface area contributed by atoms with Crippen LogP contribution >= 0.6 is 15.9 Å². The quantitative estimate of drug-likeness (QED) is 0.680. The molecule has 1 saturated heterocycles. The minimum Gasteiger partial charge on any atom is -0.444 e. The molecule has 1 aliphatic heterocycles. The van der Waals surface area contributed by atoms with E-state index in [1.54, 1.807) is 0 Å². The fourth-order valence-electron chi connectivity index (χ4n) is 4.54. The average Bonchev–Trinajstić information content (AvgIpc) is 2.68. The molecule has 2 atom stereocenters. The Kier molecular flexibility index (Phi) is 7.25. The van der Waals surface area contributed by atoms with Crippen molar-refractivity contribution in [2.24, 2.45) is 0 Å². The molecule has 7 heteroatoms. The lowest BCUT2D eigenvalue weighted by molar-refractivity contribution is -0.134. The van der Waals surface area contributed by atoms with Crippen LogP contribution < -0.4 is 5.32 Å². The number of nitrogens with zero attached hydrogens (tertiary/aromatic N) is 1. The molecule has 166 valence electrons. The van der Waals surface area contributed by atoms with Crippen molar-refractivity contribution in [1.29, 1.82) is 0 Å². The van der Waals surface area contributed by atoms with E-state index in [1.165, 1.54) is 4.90 Å². The van der Waals surface area contributed by atoms with Crippen LogP contribution in [0.5, 0.6) is 0 Å². The van der Waals surface area contributed by atoms with Gasteiger partial charge in [-0.25, -0.2) is 4.79 Å². The number of amides is 1. The number of piperazine rings is 1. The summed E-state index contributed by atoms with van der Waals surface area (Å²) in [5, 5.41) is 14.8. The molecule has 1 amide bonds. The first kappa shape index (κ1) is 23.2. The number of Topliss-reactive ketones (excluding diaryl/α,β-unsaturated/α-hetero) is 1. The maximum atomic E-state index is 13.9. The molecule has 3 rings (SSSR count). The van der Waals surface area contributed by atoms with Crippen LogP contribution in [-0.4, -0.2) is 58.8 Å². The minimum absolute atomic E-state index is 0.125. The molecule has 0 bridgehead atoms. The van der Waals surface area contributed by atoms with Gasteiger partial charge < -0.3 is 15.2 Å². The van der Waals surface area contributed by atoms with Gasteiger partial charge in [-0.1, -0.05) is 47.3 Å². The van der Waals surface area contributed by atoms with E-state index in [9.17, 15) is 14.7 Å². The first-order chi connectivity index (χ1) is 14.1. The van der Waals surface area contributed by atoms with Crippen LogP contribution in [0.1, 0.15) is 64.4 Å². The predicted octanol–water partition coefficient (Wildman–Crippen LogP) is 4.01. The number of benzene rings is 1. The van der Waals surface area contributed by atoms with E-state index in [-0.39, 0.29) is 5.78 Å². The number of carbonyl (C=O) groups excluding carboxylic acids is 2. The number of aliphatic hydroxyl groups is 1. The first-order valence-electron chi connectivity index (χ1n) is 10.8. The second-order valence-electron chi connectivity index (χ2n) is 9.44. The standard InChI is InChI=1S/C23H33BrN2O4/c1-22(2,3)30-21(28)26-14-13-25-15-18(26)20(27)19(16-7-9-17(24)10-8-16)23(29)11-5-4-6-12-23/h7-10,18-19,25,29H,4-6,11-15H2,1-3H3. The largest absolute Gasteiger partial charge is 0.444 e. The molecule has 0 aromatic heterocycles. The van der Waals surface area contributed by atoms with Crippen LogP contribution in [0.2, 0.25) is 0 Å². The van der Waals surface area contributed by atoms with Crippen molar-refractivity contribution in [1.82, 2.24) is 10.2 Å². The Bertz CT molecular complexity index is 753. The highest BCUT2D eigenvalue weighted by atomic mass is 79.9. The zero-order valence-corrected chi connectivity index (χ0v) is 19.7. The number of rotatable bonds is 4. The highest BCUT2D eigenvalue weighted by Crippen LogP contribution is 2.42. The van der Waals surface area contributed by atoms with Crippen LogP contribution in [0.15, 0.2) is 28.7 Å². The zero-order chi connectivity index (χ0) is 21.9. The lowest BCUT2D eigenvalue weighted by Gasteiger charge is -2.43. The Balaban J connectivity index is 1.94. The molecule has 2 fully saturated rings. The van der Waals surface area contributed by atoms with E-state index in [0.717, 1.165) is 29.3 Å². The van der Waals surface area contributed by atoms with Gasteiger partial charge in [0, 0.05) is 24.1 Å². The topological polar surface area (TPSA) is 78.9 Å². The van der Waals surface area contributed by atoms with Crippen molar-refractivity contribution in [2.45, 2.75) is 76.0 Å². The summed E-state index contributed by atoms with van der Waals surface area (Å²) in [6, 6.07) is 6.91. The fourth-order valence-corrected chi connectivity index (χ4v) is 4.80. The van der Waals surface area contributed by atoms with Gasteiger partial charge in [-0.3, -0.25) is 9.69 Å². The molecule has 1 saturated carbocycles. The molecule has 0 spiro atoms. The van der Waals surface area contributed by atoms with Gasteiger partial charge >= 0.3 is 6.09 Å². The number of hydrogen-bond donors (Lipinski definition) is 2. The van der Waals surface area contributed by atoms with E-state index in [4.69, 9.17) is 4.74 Å². The highest BCUT2D eigenvalue weighted by Gasteiger charge is 2.47. The molecule has 1 aromatic carbocycles. The van der Waals surface area contributed by atoms with Gasteiger partial charge in [0.25, 0.3) is 0 Å². The third-order valence-electron chi connectivity index (χ3n) is 5.94. The second-order valence-corrected chi connectivity index (χ2v) is 10.4. The summed E-state index contributed by atoms with van der Waals surface area (Å²) in [7, 11) is 0. The number of nitrogens with one attached hydrogen (secondary N) is 1. The lowest BCUT2D eigenvalue weighted by atomic mass is 9.69. The zero-order valence-electron chi connectivity index (χ0n) is 18.1. The van der Waals surface area contributed by atoms with Crippen molar-refractivity contribution in [3.8, 4) is 0 Å². The Morgan fingerprint density at radius 3 is 2.43 bits per heavy atom. The molecule has 1 aromatic rings. The maximum Gasteiger partial charge on any atom is 0.410 e. The third kappa shape index (κ3) is 5.42. The molecule has 2 unspecified atom stereocenters. The van der Waals surface area contributed by atoms with Gasteiger partial charge in [-0.2, -0.15) is 0 Å². The molecule has 2 aliphatic rings. The molecule has 0 radical (unpaired) electrons. The van der Waals surface area contributed by atoms with Crippen molar-refractivity contribution in [3.63, 3.8) is 0 Å². The summed E-state index contributed by atoms with van der Waals surface area (Å²) in [5.41, 5.74) is -0.940. The molecular weight excluding hydrogens is 448 g/mol. The van der Waals surface area contributed by atoms with E-state index >= 15 is 0 Å². The van der Waals surface area contributed by atoms with Crippen LogP contribution in [0, 0.1) is 0 Å². The number of ketones is 1. The predicted molar refractivity (Wildman–Crippen MR) is 120 cm³/mol. The lowest BCUT2D eigenvalue weighted by Crippen LogP contribution is -2.60. The molecular formula is C23H33BrN2O4. The van der Waals surface area contributed by atoms with Crippen LogP contribution in [-0.2, 0) is 9.53 Å². The Morgan fingerprint density at radius 1 is 1.20 bits per heavy atom. The summed E-state index contributed by atoms with van der Waals surface area (Å²) in [4.78, 5) is 28.3. The number of carbonyl (C=O) groups is 2. The van der Waals surface area contributed by atoms with E-state index in [0.29, 0.717) is 32.5 Å². The Hall–Kier alpha value is -1.44. The first-order valence-corrected chi connectivity index (χ1v) is 11.6. The summed E-state index contributed by atoms with van der Waals surface area (Å²) < 4.78 is 6.49. The number of hydrogen-bond acceptors (Lipinski definition) is 5. The summed E-state index contributed by atoms with van der Waals surface area (Å²) in [6.07, 6.45) is 3.56. The number of halogens is 1. The van der Waals surface area contributed by atoms with Crippen molar-refractivity contribution in [2.75, 3.05) is 19.6 Å². The van der Waals surface area contributed by atoms with Crippen molar-refractivity contribution >= 4 is 27.8 Å². The van der Waals surface area contributed by atoms with Crippen LogP contribution in [0.4, 0.5) is 4.79 Å². The normalized spacial score (nSPS) is 23.0. The van der Waals surface area contributed by atoms with Gasteiger partial charge in [0.05, 0.1) is 11.5 Å². The van der Waals surface area contributed by atoms with Gasteiger partial charge in [0.15, 0.2) is 5.78 Å². The fraction of sp³-hybridized carbons (Fsp3) is 0.652. The second kappa shape index (κ2) is 9.37. The van der Waals surface area contributed by atoms with Gasteiger partial charge in [0.1, 0.15) is 11.6 Å². The molecule has 2 N–H and O–H groups in total. The molecule has 1 heterocycles. The minimum atomic E-state index is -1.10. The summed E-state index contributed by atoms with van der Waals surface area (Å²) >= 11 is 3.45. The van der Waals surface area contributed by atoms with Crippen molar-refractivity contribution < 1.29 is 19.4 Å². The van der Waals surface area contributed by atoms with E-state index in [2.05, 4.69) is 21.2 Å². The Morgan fingerprint density at radius 2 is 1.83 bits per heavy atom. The van der Waals surface area contributed by atoms with Gasteiger partial charge in [0.2, 0.25) is 0 Å². The summed E-state index contributed by atoms with van der Waals surface area (Å²) in [6.45, 7) is 6.83. The van der Waals surface area contributed by atoms with Crippen LogP contribution in [0.25, 0.3) is 0 Å². The molecule has 6 nitrogen and oxygen atoms in total. The maximum absolute atomic E-state index is 13.9. The van der Waals surface area contributed by atoms with Crippen molar-refractivity contribution in [3.05, 3.63) is 34.3 Å². The smallest absolute Gasteiger partial charge is 0.410 e. The Labute approximate surface area is 187 Å². The average molecular weight is 481 g/mol. The summed E-state index contributed by atoms with van der Waals surface area (Å²) in [5.74, 6) is -0.805. The van der Waals surface area contributed by atoms with Gasteiger partial charge in [-0.15, -0.1) is 0 Å². The highest BCUT2D eigenvalue weighted by molar-refractivity contribution is 9.10. The van der Waals surface area contributed by atoms with E-state index in [1.807, 2.05) is 45.0 Å². The molecule has 1 aliphatic carbocycles. The third-order valence-corrected chi connectivity index (χ3v) is 6.47. The number of ether oxygens (including phenoxy) is 1. The SMILES string of the molecule is CC(C)(C)OC(=O)N1CCNCC1C(=O)C(c1ccc(Br)cc1)C1(O)CCCCC1. The van der Waals surface area contributed by atoms with Crippen LogP contribution in [0.3, 0.4) is 0 Å². The molecule has 30 heavy (non-hydrogen) atoms.